The molecule has 0 amide bonds. The van der Waals surface area contributed by atoms with Gasteiger partial charge in [-0.05, 0) is 68.4 Å². The Labute approximate surface area is 301 Å². The molecule has 0 heterocycles. The topological polar surface area (TPSA) is 85.3 Å². The number of carbonyl (C=O) groups excluding carboxylic acids is 5. The zero-order valence-electron chi connectivity index (χ0n) is 31.2. The zero-order chi connectivity index (χ0) is 37.1. The maximum absolute atomic E-state index is 14.2. The third kappa shape index (κ3) is 12.6. The standard InChI is InChI=1S/C45H58O5/c1-8-11-12-13-14-15-16-17-18-19-20-21-22-23-27-30-37(48)41-39(35(46)9-2)33(4)40(36(47)10-3)43(44(50)45(5,6)7)42(41)38(49)32-31-34-28-25-24-26-29-34/h9-10,17-18,24-26,28-29,31-32H,2-3,8,11-16,19-23,27,30H2,1,4-7H3/b18-17-,32-31?. The summed E-state index contributed by atoms with van der Waals surface area (Å²) < 4.78 is 0. The molecule has 0 fully saturated rings. The van der Waals surface area contributed by atoms with Crippen LogP contribution in [0.25, 0.3) is 6.08 Å². The van der Waals surface area contributed by atoms with Crippen molar-refractivity contribution in [1.82, 2.24) is 0 Å². The SMILES string of the molecule is C=CC(=O)c1c(C)c(C(=O)C=C)c(C(=O)C(C)(C)C)c(C(=O)C=Cc2ccccc2)c1C(=O)CCCCCCC/C=C\CCCCCCCC. The van der Waals surface area contributed by atoms with E-state index in [0.29, 0.717) is 6.42 Å². The lowest BCUT2D eigenvalue weighted by molar-refractivity contribution is 0.0846. The maximum atomic E-state index is 14.2. The molecule has 0 N–H and O–H groups in total. The van der Waals surface area contributed by atoms with Gasteiger partial charge < -0.3 is 0 Å². The van der Waals surface area contributed by atoms with Gasteiger partial charge in [-0.1, -0.05) is 141 Å². The molecule has 0 saturated carbocycles. The van der Waals surface area contributed by atoms with Crippen LogP contribution < -0.4 is 0 Å². The van der Waals surface area contributed by atoms with Crippen LogP contribution >= 0.6 is 0 Å². The van der Waals surface area contributed by atoms with Crippen molar-refractivity contribution in [2.75, 3.05) is 0 Å². The van der Waals surface area contributed by atoms with E-state index in [1.807, 2.05) is 30.3 Å². The third-order valence-corrected chi connectivity index (χ3v) is 8.94. The summed E-state index contributed by atoms with van der Waals surface area (Å²) in [6.07, 6.45) is 24.2. The molecule has 50 heavy (non-hydrogen) atoms. The van der Waals surface area contributed by atoms with Gasteiger partial charge in [-0.25, -0.2) is 0 Å². The first-order valence-corrected chi connectivity index (χ1v) is 18.4. The number of rotatable bonds is 24. The van der Waals surface area contributed by atoms with Gasteiger partial charge in [0, 0.05) is 39.7 Å². The summed E-state index contributed by atoms with van der Waals surface area (Å²) in [5.74, 6) is -2.72. The highest BCUT2D eigenvalue weighted by Crippen LogP contribution is 2.36. The largest absolute Gasteiger partial charge is 0.294 e. The molecule has 5 nitrogen and oxygen atoms in total. The highest BCUT2D eigenvalue weighted by Gasteiger charge is 2.37. The van der Waals surface area contributed by atoms with Gasteiger partial charge in [-0.2, -0.15) is 0 Å². The van der Waals surface area contributed by atoms with Crippen molar-refractivity contribution in [2.45, 2.75) is 125 Å². The number of hydrogen-bond acceptors (Lipinski definition) is 5. The fourth-order valence-electron chi connectivity index (χ4n) is 6.12. The predicted molar refractivity (Wildman–Crippen MR) is 208 cm³/mol. The smallest absolute Gasteiger partial charge is 0.187 e. The second-order valence-electron chi connectivity index (χ2n) is 14.1. The molecular weight excluding hydrogens is 620 g/mol. The average Bonchev–Trinajstić information content (AvgIpc) is 3.10. The molecule has 2 aromatic rings. The molecule has 2 aromatic carbocycles. The molecule has 0 bridgehead atoms. The second kappa shape index (κ2) is 21.8. The zero-order valence-corrected chi connectivity index (χ0v) is 31.2. The molecule has 0 radical (unpaired) electrons. The maximum Gasteiger partial charge on any atom is 0.187 e. The summed E-state index contributed by atoms with van der Waals surface area (Å²) in [5.41, 5.74) is -0.713. The molecule has 5 heteroatoms. The normalized spacial score (nSPS) is 11.6. The van der Waals surface area contributed by atoms with E-state index in [9.17, 15) is 24.0 Å². The Morgan fingerprint density at radius 2 is 1.12 bits per heavy atom. The second-order valence-corrected chi connectivity index (χ2v) is 14.1. The Balaban J connectivity index is 2.38. The van der Waals surface area contributed by atoms with Crippen LogP contribution in [0.2, 0.25) is 0 Å². The summed E-state index contributed by atoms with van der Waals surface area (Å²) in [6.45, 7) is 16.1. The van der Waals surface area contributed by atoms with Crippen molar-refractivity contribution in [2.24, 2.45) is 5.41 Å². The van der Waals surface area contributed by atoms with Gasteiger partial charge in [0.05, 0.1) is 0 Å². The third-order valence-electron chi connectivity index (χ3n) is 8.94. The molecule has 0 aliphatic carbocycles. The van der Waals surface area contributed by atoms with Crippen molar-refractivity contribution in [3.05, 3.63) is 113 Å². The van der Waals surface area contributed by atoms with Crippen LogP contribution in [-0.2, 0) is 0 Å². The average molecular weight is 679 g/mol. The van der Waals surface area contributed by atoms with Crippen molar-refractivity contribution in [3.63, 3.8) is 0 Å². The fourth-order valence-corrected chi connectivity index (χ4v) is 6.12. The van der Waals surface area contributed by atoms with E-state index in [1.165, 1.54) is 44.6 Å². The number of ketones is 5. The van der Waals surface area contributed by atoms with Crippen LogP contribution in [0.15, 0.2) is 73.9 Å². The Hall–Kier alpha value is -4.25. The summed E-state index contributed by atoms with van der Waals surface area (Å²) in [4.78, 5) is 69.3. The van der Waals surface area contributed by atoms with E-state index < -0.39 is 34.3 Å². The molecule has 0 aliphatic heterocycles. The molecular formula is C45H58O5. The Kier molecular flexibility index (Phi) is 18.2. The van der Waals surface area contributed by atoms with Gasteiger partial charge in [-0.3, -0.25) is 24.0 Å². The van der Waals surface area contributed by atoms with Crippen LogP contribution in [0.1, 0.15) is 181 Å². The lowest BCUT2D eigenvalue weighted by atomic mass is 9.74. The van der Waals surface area contributed by atoms with Crippen molar-refractivity contribution in [1.29, 1.82) is 0 Å². The Morgan fingerprint density at radius 3 is 1.64 bits per heavy atom. The Morgan fingerprint density at radius 1 is 0.620 bits per heavy atom. The molecule has 268 valence electrons. The molecule has 0 atom stereocenters. The quantitative estimate of drug-likeness (QED) is 0.0477. The van der Waals surface area contributed by atoms with E-state index in [1.54, 1.807) is 33.8 Å². The molecule has 0 saturated heterocycles. The van der Waals surface area contributed by atoms with Crippen molar-refractivity contribution >= 4 is 35.0 Å². The van der Waals surface area contributed by atoms with Gasteiger partial charge in [-0.15, -0.1) is 0 Å². The number of benzene rings is 2. The first-order valence-electron chi connectivity index (χ1n) is 18.4. The molecule has 0 aromatic heterocycles. The minimum atomic E-state index is -1.01. The highest BCUT2D eigenvalue weighted by molar-refractivity contribution is 6.28. The van der Waals surface area contributed by atoms with Gasteiger partial charge >= 0.3 is 0 Å². The van der Waals surface area contributed by atoms with Gasteiger partial charge in [0.2, 0.25) is 0 Å². The van der Waals surface area contributed by atoms with Crippen molar-refractivity contribution in [3.8, 4) is 0 Å². The summed E-state index contributed by atoms with van der Waals surface area (Å²) in [5, 5.41) is 0. The van der Waals surface area contributed by atoms with Gasteiger partial charge in [0.15, 0.2) is 28.9 Å². The van der Waals surface area contributed by atoms with E-state index >= 15 is 0 Å². The van der Waals surface area contributed by atoms with Crippen LogP contribution in [-0.4, -0.2) is 28.9 Å². The van der Waals surface area contributed by atoms with E-state index in [2.05, 4.69) is 32.2 Å². The van der Waals surface area contributed by atoms with E-state index in [0.717, 1.165) is 56.2 Å². The number of carbonyl (C=O) groups is 5. The minimum Gasteiger partial charge on any atom is -0.294 e. The Bertz CT molecular complexity index is 1560. The molecule has 0 aliphatic rings. The minimum absolute atomic E-state index is 0.0649. The fraction of sp³-hybridized carbons (Fsp3) is 0.444. The number of unbranched alkanes of at least 4 members (excludes halogenated alkanes) is 11. The lowest BCUT2D eigenvalue weighted by Crippen LogP contribution is -2.29. The molecule has 2 rings (SSSR count). The molecule has 0 unspecified atom stereocenters. The van der Waals surface area contributed by atoms with Gasteiger partial charge in [0.1, 0.15) is 0 Å². The lowest BCUT2D eigenvalue weighted by Gasteiger charge is -2.25. The predicted octanol–water partition coefficient (Wildman–Crippen LogP) is 12.1. The summed E-state index contributed by atoms with van der Waals surface area (Å²) >= 11 is 0. The van der Waals surface area contributed by atoms with Crippen molar-refractivity contribution < 1.29 is 24.0 Å². The van der Waals surface area contributed by atoms with E-state index in [-0.39, 0.29) is 39.8 Å². The van der Waals surface area contributed by atoms with E-state index in [4.69, 9.17) is 0 Å². The highest BCUT2D eigenvalue weighted by atomic mass is 16.1. The number of Topliss-reactive ketones (excluding diaryl/α,β-unsaturated/α-hetero) is 2. The summed E-state index contributed by atoms with van der Waals surface area (Å²) in [6, 6.07) is 9.15. The first kappa shape index (κ1) is 41.9. The summed E-state index contributed by atoms with van der Waals surface area (Å²) in [7, 11) is 0. The van der Waals surface area contributed by atoms with Crippen LogP contribution in [0.3, 0.4) is 0 Å². The molecule has 0 spiro atoms. The van der Waals surface area contributed by atoms with Crippen LogP contribution in [0.5, 0.6) is 0 Å². The monoisotopic (exact) mass is 678 g/mol. The number of allylic oxidation sites excluding steroid dienone is 5. The number of hydrogen-bond donors (Lipinski definition) is 0. The first-order chi connectivity index (χ1) is 23.9. The van der Waals surface area contributed by atoms with Crippen LogP contribution in [0, 0.1) is 12.3 Å². The van der Waals surface area contributed by atoms with Gasteiger partial charge in [0.25, 0.3) is 0 Å². The van der Waals surface area contributed by atoms with Crippen LogP contribution in [0.4, 0.5) is 0 Å².